The molecule has 0 fully saturated rings. The van der Waals surface area contributed by atoms with Crippen molar-refractivity contribution >= 4 is 23.2 Å². The summed E-state index contributed by atoms with van der Waals surface area (Å²) in [5.74, 6) is 0.417. The van der Waals surface area contributed by atoms with E-state index in [9.17, 15) is 9.18 Å². The van der Waals surface area contributed by atoms with Crippen LogP contribution in [-0.4, -0.2) is 28.9 Å². The average Bonchev–Trinajstić information content (AvgIpc) is 3.12. The van der Waals surface area contributed by atoms with Gasteiger partial charge in [0.1, 0.15) is 5.82 Å². The lowest BCUT2D eigenvalue weighted by atomic mass is 10.2. The first kappa shape index (κ1) is 20.7. The van der Waals surface area contributed by atoms with Crippen molar-refractivity contribution in [3.05, 3.63) is 70.8 Å². The lowest BCUT2D eigenvalue weighted by molar-refractivity contribution is 0.102. The Balaban J connectivity index is 1.70. The number of rotatable bonds is 8. The smallest absolute Gasteiger partial charge is 0.255 e. The Hall–Kier alpha value is -3.06. The SMILES string of the molecule is CCOc1ccc(C(=O)Nc2cnn(Cc3ccc(F)cc3Cl)c2)cc1OCC. The molecular formula is C21H21ClFN3O3. The molecule has 8 heteroatoms. The molecule has 0 spiro atoms. The van der Waals surface area contributed by atoms with E-state index in [-0.39, 0.29) is 5.91 Å². The molecule has 1 heterocycles. The molecule has 0 aliphatic carbocycles. The van der Waals surface area contributed by atoms with E-state index in [2.05, 4.69) is 10.4 Å². The molecule has 29 heavy (non-hydrogen) atoms. The summed E-state index contributed by atoms with van der Waals surface area (Å²) in [6.07, 6.45) is 3.21. The van der Waals surface area contributed by atoms with Crippen molar-refractivity contribution in [2.45, 2.75) is 20.4 Å². The first-order valence-corrected chi connectivity index (χ1v) is 9.55. The van der Waals surface area contributed by atoms with Gasteiger partial charge in [-0.2, -0.15) is 5.10 Å². The number of nitrogens with zero attached hydrogens (tertiary/aromatic N) is 2. The van der Waals surface area contributed by atoms with Gasteiger partial charge < -0.3 is 14.8 Å². The highest BCUT2D eigenvalue weighted by molar-refractivity contribution is 6.31. The zero-order valence-corrected chi connectivity index (χ0v) is 16.9. The first-order valence-electron chi connectivity index (χ1n) is 9.17. The Bertz CT molecular complexity index is 1010. The fourth-order valence-corrected chi connectivity index (χ4v) is 2.96. The summed E-state index contributed by atoms with van der Waals surface area (Å²) in [6.45, 7) is 5.07. The van der Waals surface area contributed by atoms with Crippen LogP contribution in [0.15, 0.2) is 48.8 Å². The molecule has 0 radical (unpaired) electrons. The van der Waals surface area contributed by atoms with E-state index in [1.165, 1.54) is 18.3 Å². The number of aromatic nitrogens is 2. The van der Waals surface area contributed by atoms with Gasteiger partial charge in [-0.1, -0.05) is 17.7 Å². The zero-order chi connectivity index (χ0) is 20.8. The van der Waals surface area contributed by atoms with Gasteiger partial charge in [0.05, 0.1) is 31.6 Å². The molecule has 0 bridgehead atoms. The van der Waals surface area contributed by atoms with Crippen LogP contribution >= 0.6 is 11.6 Å². The minimum absolute atomic E-state index is 0.298. The summed E-state index contributed by atoms with van der Waals surface area (Å²) in [7, 11) is 0. The number of benzene rings is 2. The lowest BCUT2D eigenvalue weighted by Gasteiger charge is -2.12. The number of amides is 1. The van der Waals surface area contributed by atoms with E-state index < -0.39 is 5.82 Å². The predicted octanol–water partition coefficient (Wildman–Crippen LogP) is 4.77. The van der Waals surface area contributed by atoms with Crippen LogP contribution in [0, 0.1) is 5.82 Å². The first-order chi connectivity index (χ1) is 14.0. The van der Waals surface area contributed by atoms with E-state index in [1.807, 2.05) is 13.8 Å². The van der Waals surface area contributed by atoms with Crippen molar-refractivity contribution in [2.75, 3.05) is 18.5 Å². The van der Waals surface area contributed by atoms with E-state index in [0.29, 0.717) is 47.5 Å². The molecule has 1 aromatic heterocycles. The van der Waals surface area contributed by atoms with Crippen molar-refractivity contribution in [3.63, 3.8) is 0 Å². The van der Waals surface area contributed by atoms with Gasteiger partial charge in [0.25, 0.3) is 5.91 Å². The van der Waals surface area contributed by atoms with Crippen LogP contribution in [0.5, 0.6) is 11.5 Å². The molecule has 2 aromatic carbocycles. The van der Waals surface area contributed by atoms with Gasteiger partial charge in [0.2, 0.25) is 0 Å². The van der Waals surface area contributed by atoms with Crippen LogP contribution in [0.2, 0.25) is 5.02 Å². The molecule has 0 aliphatic rings. The van der Waals surface area contributed by atoms with Gasteiger partial charge in [-0.05, 0) is 49.7 Å². The molecule has 3 aromatic rings. The zero-order valence-electron chi connectivity index (χ0n) is 16.1. The van der Waals surface area contributed by atoms with Crippen LogP contribution in [-0.2, 0) is 6.54 Å². The molecule has 152 valence electrons. The fourth-order valence-electron chi connectivity index (χ4n) is 2.73. The molecule has 1 amide bonds. The number of hydrogen-bond acceptors (Lipinski definition) is 4. The van der Waals surface area contributed by atoms with Crippen molar-refractivity contribution in [1.82, 2.24) is 9.78 Å². The summed E-state index contributed by atoms with van der Waals surface area (Å²) < 4.78 is 25.9. The van der Waals surface area contributed by atoms with Gasteiger partial charge in [-0.3, -0.25) is 9.48 Å². The van der Waals surface area contributed by atoms with E-state index in [4.69, 9.17) is 21.1 Å². The Kier molecular flexibility index (Phi) is 6.72. The van der Waals surface area contributed by atoms with E-state index in [0.717, 1.165) is 5.56 Å². The normalized spacial score (nSPS) is 10.6. The van der Waals surface area contributed by atoms with Crippen LogP contribution < -0.4 is 14.8 Å². The summed E-state index contributed by atoms with van der Waals surface area (Å²) in [4.78, 5) is 12.6. The molecule has 0 aliphatic heterocycles. The summed E-state index contributed by atoms with van der Waals surface area (Å²) in [6, 6.07) is 9.23. The van der Waals surface area contributed by atoms with Gasteiger partial charge in [-0.15, -0.1) is 0 Å². The number of anilines is 1. The van der Waals surface area contributed by atoms with E-state index >= 15 is 0 Å². The minimum atomic E-state index is -0.394. The molecule has 0 atom stereocenters. The van der Waals surface area contributed by atoms with Gasteiger partial charge >= 0.3 is 0 Å². The maximum absolute atomic E-state index is 13.2. The van der Waals surface area contributed by atoms with Crippen molar-refractivity contribution in [2.24, 2.45) is 0 Å². The topological polar surface area (TPSA) is 65.4 Å². The summed E-state index contributed by atoms with van der Waals surface area (Å²) in [5.41, 5.74) is 1.69. The number of ether oxygens (including phenoxy) is 2. The van der Waals surface area contributed by atoms with Gasteiger partial charge in [-0.25, -0.2) is 4.39 Å². The summed E-state index contributed by atoms with van der Waals surface area (Å²) >= 11 is 6.05. The van der Waals surface area contributed by atoms with Gasteiger partial charge in [0.15, 0.2) is 11.5 Å². The van der Waals surface area contributed by atoms with Crippen molar-refractivity contribution in [3.8, 4) is 11.5 Å². The van der Waals surface area contributed by atoms with Crippen LogP contribution in [0.3, 0.4) is 0 Å². The van der Waals surface area contributed by atoms with Crippen molar-refractivity contribution < 1.29 is 18.7 Å². The van der Waals surface area contributed by atoms with E-state index in [1.54, 1.807) is 35.1 Å². The quantitative estimate of drug-likeness (QED) is 0.573. The second-order valence-electron chi connectivity index (χ2n) is 6.14. The maximum Gasteiger partial charge on any atom is 0.255 e. The lowest BCUT2D eigenvalue weighted by Crippen LogP contribution is -2.12. The predicted molar refractivity (Wildman–Crippen MR) is 109 cm³/mol. The highest BCUT2D eigenvalue weighted by atomic mass is 35.5. The van der Waals surface area contributed by atoms with Crippen molar-refractivity contribution in [1.29, 1.82) is 0 Å². The fraction of sp³-hybridized carbons (Fsp3) is 0.238. The van der Waals surface area contributed by atoms with Crippen LogP contribution in [0.4, 0.5) is 10.1 Å². The van der Waals surface area contributed by atoms with Crippen LogP contribution in [0.1, 0.15) is 29.8 Å². The molecular weight excluding hydrogens is 397 g/mol. The van der Waals surface area contributed by atoms with Crippen LogP contribution in [0.25, 0.3) is 0 Å². The molecule has 0 unspecified atom stereocenters. The minimum Gasteiger partial charge on any atom is -0.490 e. The number of halogens is 2. The molecule has 1 N–H and O–H groups in total. The second-order valence-corrected chi connectivity index (χ2v) is 6.55. The van der Waals surface area contributed by atoms with Gasteiger partial charge in [0, 0.05) is 16.8 Å². The monoisotopic (exact) mass is 417 g/mol. The number of carbonyl (C=O) groups excluding carboxylic acids is 1. The molecule has 3 rings (SSSR count). The number of carbonyl (C=O) groups is 1. The molecule has 0 saturated carbocycles. The third-order valence-corrected chi connectivity index (χ3v) is 4.40. The Morgan fingerprint density at radius 2 is 1.90 bits per heavy atom. The highest BCUT2D eigenvalue weighted by Crippen LogP contribution is 2.29. The molecule has 6 nitrogen and oxygen atoms in total. The Morgan fingerprint density at radius 1 is 1.14 bits per heavy atom. The maximum atomic E-state index is 13.2. The summed E-state index contributed by atoms with van der Waals surface area (Å²) in [5, 5.41) is 7.33. The second kappa shape index (κ2) is 9.43. The standard InChI is InChI=1S/C21H21ClFN3O3/c1-3-28-19-8-6-14(9-20(19)29-4-2)21(27)25-17-11-24-26(13-17)12-15-5-7-16(23)10-18(15)22/h5-11,13H,3-4,12H2,1-2H3,(H,25,27). The third kappa shape index (κ3) is 5.26. The highest BCUT2D eigenvalue weighted by Gasteiger charge is 2.13. The Labute approximate surface area is 173 Å². The largest absolute Gasteiger partial charge is 0.490 e. The number of hydrogen-bond donors (Lipinski definition) is 1. The molecule has 0 saturated heterocycles. The number of nitrogens with one attached hydrogen (secondary N) is 1. The third-order valence-electron chi connectivity index (χ3n) is 4.04. The average molecular weight is 418 g/mol. The Morgan fingerprint density at radius 3 is 2.62 bits per heavy atom.